The van der Waals surface area contributed by atoms with Gasteiger partial charge in [-0.1, -0.05) is 18.2 Å². The van der Waals surface area contributed by atoms with E-state index in [-0.39, 0.29) is 6.42 Å². The summed E-state index contributed by atoms with van der Waals surface area (Å²) in [6.07, 6.45) is 2.85. The van der Waals surface area contributed by atoms with E-state index in [1.807, 2.05) is 0 Å². The molecule has 0 spiro atoms. The van der Waals surface area contributed by atoms with Crippen LogP contribution >= 0.6 is 0 Å². The fourth-order valence-electron chi connectivity index (χ4n) is 1.36. The van der Waals surface area contributed by atoms with Gasteiger partial charge in [0.25, 0.3) is 0 Å². The van der Waals surface area contributed by atoms with Gasteiger partial charge in [-0.2, -0.15) is 0 Å². The van der Waals surface area contributed by atoms with E-state index in [2.05, 4.69) is 9.97 Å². The Kier molecular flexibility index (Phi) is 3.30. The summed E-state index contributed by atoms with van der Waals surface area (Å²) >= 11 is 0. The Morgan fingerprint density at radius 3 is 2.82 bits per heavy atom. The SMILES string of the molecule is O=C(O)Cc1ccccc1Oc1ccncn1. The lowest BCUT2D eigenvalue weighted by Crippen LogP contribution is -2.02. The number of nitrogens with zero attached hydrogens (tertiary/aromatic N) is 2. The van der Waals surface area contributed by atoms with E-state index in [9.17, 15) is 4.79 Å². The van der Waals surface area contributed by atoms with Gasteiger partial charge in [-0.25, -0.2) is 9.97 Å². The number of ether oxygens (including phenoxy) is 1. The number of benzene rings is 1. The number of carboxylic acid groups (broad SMARTS) is 1. The van der Waals surface area contributed by atoms with Gasteiger partial charge in [0, 0.05) is 17.8 Å². The zero-order chi connectivity index (χ0) is 12.1. The molecular weight excluding hydrogens is 220 g/mol. The maximum absolute atomic E-state index is 10.7. The smallest absolute Gasteiger partial charge is 0.307 e. The summed E-state index contributed by atoms with van der Waals surface area (Å²) in [4.78, 5) is 18.4. The molecule has 0 saturated heterocycles. The van der Waals surface area contributed by atoms with Crippen molar-refractivity contribution in [3.05, 3.63) is 48.4 Å². The van der Waals surface area contributed by atoms with Crippen LogP contribution < -0.4 is 4.74 Å². The first kappa shape index (κ1) is 11.1. The van der Waals surface area contributed by atoms with Crippen LogP contribution in [-0.2, 0) is 11.2 Å². The second-order valence-corrected chi connectivity index (χ2v) is 3.33. The highest BCUT2D eigenvalue weighted by Gasteiger charge is 2.08. The molecule has 0 amide bonds. The summed E-state index contributed by atoms with van der Waals surface area (Å²) in [6, 6.07) is 8.58. The Morgan fingerprint density at radius 2 is 2.12 bits per heavy atom. The van der Waals surface area contributed by atoms with Gasteiger partial charge in [0.15, 0.2) is 0 Å². The van der Waals surface area contributed by atoms with Crippen LogP contribution in [0.5, 0.6) is 11.6 Å². The molecular formula is C12H10N2O3. The number of carbonyl (C=O) groups is 1. The van der Waals surface area contributed by atoms with Crippen molar-refractivity contribution >= 4 is 5.97 Å². The van der Waals surface area contributed by atoms with Crippen molar-refractivity contribution in [3.8, 4) is 11.6 Å². The van der Waals surface area contributed by atoms with Crippen LogP contribution in [0.1, 0.15) is 5.56 Å². The molecule has 0 aliphatic rings. The minimum atomic E-state index is -0.899. The van der Waals surface area contributed by atoms with E-state index >= 15 is 0 Å². The highest BCUT2D eigenvalue weighted by molar-refractivity contribution is 5.71. The standard InChI is InChI=1S/C12H10N2O3/c15-12(16)7-9-3-1-2-4-10(9)17-11-5-6-13-8-14-11/h1-6,8H,7H2,(H,15,16). The molecule has 0 bridgehead atoms. The third kappa shape index (κ3) is 3.01. The normalized spacial score (nSPS) is 9.88. The first-order chi connectivity index (χ1) is 8.25. The van der Waals surface area contributed by atoms with Crippen LogP contribution in [0, 0.1) is 0 Å². The zero-order valence-corrected chi connectivity index (χ0v) is 8.91. The van der Waals surface area contributed by atoms with Gasteiger partial charge in [0.05, 0.1) is 6.42 Å². The summed E-state index contributed by atoms with van der Waals surface area (Å²) in [6.45, 7) is 0. The lowest BCUT2D eigenvalue weighted by Gasteiger charge is -2.08. The molecule has 2 rings (SSSR count). The monoisotopic (exact) mass is 230 g/mol. The number of aromatic nitrogens is 2. The molecule has 0 saturated carbocycles. The minimum absolute atomic E-state index is 0.0821. The molecule has 0 radical (unpaired) electrons. The van der Waals surface area contributed by atoms with Gasteiger partial charge in [0.2, 0.25) is 5.88 Å². The maximum Gasteiger partial charge on any atom is 0.307 e. The second kappa shape index (κ2) is 5.07. The van der Waals surface area contributed by atoms with Crippen LogP contribution in [0.3, 0.4) is 0 Å². The van der Waals surface area contributed by atoms with Crippen molar-refractivity contribution in [2.24, 2.45) is 0 Å². The molecule has 1 aromatic heterocycles. The van der Waals surface area contributed by atoms with Crippen molar-refractivity contribution < 1.29 is 14.6 Å². The largest absolute Gasteiger partial charge is 0.481 e. The number of hydrogen-bond acceptors (Lipinski definition) is 4. The summed E-state index contributed by atoms with van der Waals surface area (Å²) in [5.41, 5.74) is 0.610. The number of para-hydroxylation sites is 1. The average molecular weight is 230 g/mol. The fourth-order valence-corrected chi connectivity index (χ4v) is 1.36. The molecule has 17 heavy (non-hydrogen) atoms. The lowest BCUT2D eigenvalue weighted by molar-refractivity contribution is -0.136. The Labute approximate surface area is 97.7 Å². The van der Waals surface area contributed by atoms with Crippen LogP contribution in [0.4, 0.5) is 0 Å². The minimum Gasteiger partial charge on any atom is -0.481 e. The van der Waals surface area contributed by atoms with Gasteiger partial charge in [-0.05, 0) is 6.07 Å². The Hall–Kier alpha value is -2.43. The molecule has 1 N–H and O–H groups in total. The molecule has 2 aromatic rings. The molecule has 0 fully saturated rings. The lowest BCUT2D eigenvalue weighted by atomic mass is 10.1. The zero-order valence-electron chi connectivity index (χ0n) is 8.91. The maximum atomic E-state index is 10.7. The van der Waals surface area contributed by atoms with Crippen LogP contribution in [0.25, 0.3) is 0 Å². The molecule has 1 heterocycles. The topological polar surface area (TPSA) is 72.3 Å². The summed E-state index contributed by atoms with van der Waals surface area (Å²) in [5, 5.41) is 8.78. The number of rotatable bonds is 4. The van der Waals surface area contributed by atoms with Crippen molar-refractivity contribution in [2.75, 3.05) is 0 Å². The predicted octanol–water partition coefficient (Wildman–Crippen LogP) is 1.90. The van der Waals surface area contributed by atoms with E-state index in [1.54, 1.807) is 36.5 Å². The first-order valence-corrected chi connectivity index (χ1v) is 4.99. The van der Waals surface area contributed by atoms with Crippen molar-refractivity contribution in [2.45, 2.75) is 6.42 Å². The number of hydrogen-bond donors (Lipinski definition) is 1. The van der Waals surface area contributed by atoms with Gasteiger partial charge >= 0.3 is 5.97 Å². The quantitative estimate of drug-likeness (QED) is 0.868. The molecule has 0 aliphatic carbocycles. The molecule has 0 unspecified atom stereocenters. The molecule has 5 heteroatoms. The fraction of sp³-hybridized carbons (Fsp3) is 0.0833. The number of aliphatic carboxylic acids is 1. The van der Waals surface area contributed by atoms with Crippen LogP contribution in [0.15, 0.2) is 42.9 Å². The van der Waals surface area contributed by atoms with E-state index in [4.69, 9.17) is 9.84 Å². The third-order valence-electron chi connectivity index (χ3n) is 2.08. The predicted molar refractivity (Wildman–Crippen MR) is 59.9 cm³/mol. The van der Waals surface area contributed by atoms with Crippen LogP contribution in [-0.4, -0.2) is 21.0 Å². The summed E-state index contributed by atoms with van der Waals surface area (Å²) < 4.78 is 5.50. The highest BCUT2D eigenvalue weighted by atomic mass is 16.5. The molecule has 0 aliphatic heterocycles. The van der Waals surface area contributed by atoms with Gasteiger partial charge in [-0.3, -0.25) is 4.79 Å². The molecule has 5 nitrogen and oxygen atoms in total. The van der Waals surface area contributed by atoms with Gasteiger partial charge in [-0.15, -0.1) is 0 Å². The summed E-state index contributed by atoms with van der Waals surface area (Å²) in [5.74, 6) is -0.0184. The average Bonchev–Trinajstić information content (AvgIpc) is 2.32. The van der Waals surface area contributed by atoms with E-state index in [0.29, 0.717) is 17.2 Å². The van der Waals surface area contributed by atoms with Crippen molar-refractivity contribution in [1.82, 2.24) is 9.97 Å². The Bertz CT molecular complexity index is 514. The van der Waals surface area contributed by atoms with Gasteiger partial charge < -0.3 is 9.84 Å². The van der Waals surface area contributed by atoms with Crippen molar-refractivity contribution in [1.29, 1.82) is 0 Å². The molecule has 1 aromatic carbocycles. The highest BCUT2D eigenvalue weighted by Crippen LogP contribution is 2.23. The third-order valence-corrected chi connectivity index (χ3v) is 2.08. The van der Waals surface area contributed by atoms with E-state index < -0.39 is 5.97 Å². The summed E-state index contributed by atoms with van der Waals surface area (Å²) in [7, 11) is 0. The van der Waals surface area contributed by atoms with E-state index in [0.717, 1.165) is 0 Å². The first-order valence-electron chi connectivity index (χ1n) is 4.99. The second-order valence-electron chi connectivity index (χ2n) is 3.33. The van der Waals surface area contributed by atoms with Gasteiger partial charge in [0.1, 0.15) is 12.1 Å². The van der Waals surface area contributed by atoms with Crippen molar-refractivity contribution in [3.63, 3.8) is 0 Å². The van der Waals surface area contributed by atoms with Crippen LogP contribution in [0.2, 0.25) is 0 Å². The number of carboxylic acids is 1. The molecule has 86 valence electrons. The van der Waals surface area contributed by atoms with E-state index in [1.165, 1.54) is 6.33 Å². The Morgan fingerprint density at radius 1 is 1.29 bits per heavy atom. The molecule has 0 atom stereocenters. The Balaban J connectivity index is 2.23.